The van der Waals surface area contributed by atoms with Gasteiger partial charge in [0.1, 0.15) is 5.82 Å². The van der Waals surface area contributed by atoms with Crippen molar-refractivity contribution in [2.75, 3.05) is 5.43 Å². The lowest BCUT2D eigenvalue weighted by Crippen LogP contribution is -2.14. The summed E-state index contributed by atoms with van der Waals surface area (Å²) in [5.41, 5.74) is 5.94. The molecule has 0 aromatic carbocycles. The van der Waals surface area contributed by atoms with Crippen molar-refractivity contribution in [3.05, 3.63) is 23.7 Å². The third kappa shape index (κ3) is 2.31. The minimum atomic E-state index is 0.696. The Bertz CT molecular complexity index is 589. The van der Waals surface area contributed by atoms with Crippen molar-refractivity contribution >= 4 is 5.82 Å². The molecule has 3 rings (SSSR count). The number of nitrogen functional groups attached to an aromatic ring is 1. The molecule has 0 saturated carbocycles. The zero-order valence-electron chi connectivity index (χ0n) is 11.1. The number of nitrogens with zero attached hydrogens (tertiary/aromatic N) is 4. The number of aromatic nitrogens is 4. The number of hydrazine groups is 1. The van der Waals surface area contributed by atoms with E-state index >= 15 is 0 Å². The third-order valence-electron chi connectivity index (χ3n) is 3.53. The summed E-state index contributed by atoms with van der Waals surface area (Å²) in [6.45, 7) is 0. The van der Waals surface area contributed by atoms with E-state index in [1.807, 2.05) is 13.2 Å². The molecule has 3 N–H and O–H groups in total. The van der Waals surface area contributed by atoms with Gasteiger partial charge in [0.2, 0.25) is 0 Å². The van der Waals surface area contributed by atoms with Crippen molar-refractivity contribution in [3.8, 4) is 11.4 Å². The van der Waals surface area contributed by atoms with Crippen molar-refractivity contribution in [2.24, 2.45) is 12.9 Å². The fourth-order valence-corrected chi connectivity index (χ4v) is 2.56. The fraction of sp³-hybridized carbons (Fsp3) is 0.462. The quantitative estimate of drug-likeness (QED) is 0.484. The smallest absolute Gasteiger partial charge is 0.165 e. The highest BCUT2D eigenvalue weighted by molar-refractivity contribution is 5.58. The predicted molar refractivity (Wildman–Crippen MR) is 73.3 cm³/mol. The van der Waals surface area contributed by atoms with Crippen LogP contribution < -0.4 is 11.3 Å². The summed E-state index contributed by atoms with van der Waals surface area (Å²) in [6.07, 6.45) is 9.29. The molecule has 6 nitrogen and oxygen atoms in total. The summed E-state index contributed by atoms with van der Waals surface area (Å²) in [5.74, 6) is 7.07. The lowest BCUT2D eigenvalue weighted by atomic mass is 10.1. The van der Waals surface area contributed by atoms with E-state index in [1.165, 1.54) is 24.8 Å². The predicted octanol–water partition coefficient (Wildman–Crippen LogP) is 1.43. The van der Waals surface area contributed by atoms with Gasteiger partial charge in [-0.25, -0.2) is 15.8 Å². The van der Waals surface area contributed by atoms with Crippen molar-refractivity contribution in [2.45, 2.75) is 32.1 Å². The maximum Gasteiger partial charge on any atom is 0.165 e. The van der Waals surface area contributed by atoms with Gasteiger partial charge in [0.15, 0.2) is 5.82 Å². The standard InChI is InChI=1S/C13H18N6/c1-19-8-9(7-15-19)12-16-11-6-4-2-3-5-10(11)13(17-12)18-14/h7-8H,2-6,14H2,1H3,(H,16,17,18). The lowest BCUT2D eigenvalue weighted by Gasteiger charge is -2.11. The first kappa shape index (κ1) is 12.1. The Morgan fingerprint density at radius 2 is 2.05 bits per heavy atom. The molecule has 0 atom stereocenters. The topological polar surface area (TPSA) is 81.7 Å². The summed E-state index contributed by atoms with van der Waals surface area (Å²) < 4.78 is 1.75. The third-order valence-corrected chi connectivity index (χ3v) is 3.53. The van der Waals surface area contributed by atoms with Crippen LogP contribution in [-0.4, -0.2) is 19.7 Å². The summed E-state index contributed by atoms with van der Waals surface area (Å²) in [6, 6.07) is 0. The van der Waals surface area contributed by atoms with Gasteiger partial charge in [0, 0.05) is 24.5 Å². The maximum absolute atomic E-state index is 5.62. The van der Waals surface area contributed by atoms with Gasteiger partial charge in [-0.3, -0.25) is 4.68 Å². The molecule has 2 aromatic heterocycles. The van der Waals surface area contributed by atoms with Crippen LogP contribution in [0.4, 0.5) is 5.82 Å². The van der Waals surface area contributed by atoms with Gasteiger partial charge in [-0.15, -0.1) is 0 Å². The average molecular weight is 258 g/mol. The van der Waals surface area contributed by atoms with E-state index in [0.717, 1.165) is 29.9 Å². The second-order valence-electron chi connectivity index (χ2n) is 4.93. The zero-order valence-corrected chi connectivity index (χ0v) is 11.1. The van der Waals surface area contributed by atoms with E-state index < -0.39 is 0 Å². The van der Waals surface area contributed by atoms with Crippen LogP contribution in [0.2, 0.25) is 0 Å². The first-order valence-corrected chi connectivity index (χ1v) is 6.63. The molecule has 1 aliphatic rings. The van der Waals surface area contributed by atoms with Gasteiger partial charge in [-0.2, -0.15) is 5.10 Å². The summed E-state index contributed by atoms with van der Waals surface area (Å²) in [5, 5.41) is 4.16. The van der Waals surface area contributed by atoms with Gasteiger partial charge in [-0.1, -0.05) is 6.42 Å². The molecule has 0 bridgehead atoms. The number of aryl methyl sites for hydroxylation is 2. The van der Waals surface area contributed by atoms with Crippen LogP contribution in [-0.2, 0) is 19.9 Å². The minimum absolute atomic E-state index is 0.696. The molecule has 0 radical (unpaired) electrons. The Hall–Kier alpha value is -1.95. The highest BCUT2D eigenvalue weighted by atomic mass is 15.3. The van der Waals surface area contributed by atoms with Crippen LogP contribution >= 0.6 is 0 Å². The number of nitrogens with one attached hydrogen (secondary N) is 1. The number of anilines is 1. The van der Waals surface area contributed by atoms with Gasteiger partial charge in [0.25, 0.3) is 0 Å². The second-order valence-corrected chi connectivity index (χ2v) is 4.93. The number of fused-ring (bicyclic) bond motifs is 1. The highest BCUT2D eigenvalue weighted by Crippen LogP contribution is 2.27. The summed E-state index contributed by atoms with van der Waals surface area (Å²) >= 11 is 0. The van der Waals surface area contributed by atoms with Crippen LogP contribution in [0.3, 0.4) is 0 Å². The molecule has 2 aromatic rings. The van der Waals surface area contributed by atoms with E-state index in [2.05, 4.69) is 15.5 Å². The number of rotatable bonds is 2. The van der Waals surface area contributed by atoms with E-state index in [4.69, 9.17) is 10.8 Å². The molecule has 0 unspecified atom stereocenters. The van der Waals surface area contributed by atoms with Crippen LogP contribution in [0.1, 0.15) is 30.5 Å². The summed E-state index contributed by atoms with van der Waals surface area (Å²) in [7, 11) is 1.88. The number of hydrogen-bond donors (Lipinski definition) is 2. The second kappa shape index (κ2) is 4.97. The monoisotopic (exact) mass is 258 g/mol. The Morgan fingerprint density at radius 3 is 2.79 bits per heavy atom. The van der Waals surface area contributed by atoms with E-state index in [9.17, 15) is 0 Å². The van der Waals surface area contributed by atoms with Gasteiger partial charge >= 0.3 is 0 Å². The van der Waals surface area contributed by atoms with Crippen LogP contribution in [0.15, 0.2) is 12.4 Å². The average Bonchev–Trinajstić information content (AvgIpc) is 2.72. The molecule has 0 fully saturated rings. The molecule has 100 valence electrons. The number of hydrogen-bond acceptors (Lipinski definition) is 5. The van der Waals surface area contributed by atoms with Gasteiger partial charge < -0.3 is 5.43 Å². The Balaban J connectivity index is 2.09. The molecular formula is C13H18N6. The fourth-order valence-electron chi connectivity index (χ4n) is 2.56. The minimum Gasteiger partial charge on any atom is -0.308 e. The first-order valence-electron chi connectivity index (χ1n) is 6.63. The zero-order chi connectivity index (χ0) is 13.2. The van der Waals surface area contributed by atoms with Gasteiger partial charge in [0.05, 0.1) is 11.8 Å². The highest BCUT2D eigenvalue weighted by Gasteiger charge is 2.17. The largest absolute Gasteiger partial charge is 0.308 e. The van der Waals surface area contributed by atoms with E-state index in [1.54, 1.807) is 10.9 Å². The van der Waals surface area contributed by atoms with Crippen molar-refractivity contribution in [1.82, 2.24) is 19.7 Å². The summed E-state index contributed by atoms with van der Waals surface area (Å²) in [4.78, 5) is 9.23. The SMILES string of the molecule is Cn1cc(-c2nc3c(c(NN)n2)CCCCC3)cn1. The van der Waals surface area contributed by atoms with Crippen LogP contribution in [0.25, 0.3) is 11.4 Å². The normalized spacial score (nSPS) is 14.8. The molecule has 0 saturated heterocycles. The molecule has 0 amide bonds. The van der Waals surface area contributed by atoms with Crippen molar-refractivity contribution < 1.29 is 0 Å². The molecule has 6 heteroatoms. The Kier molecular flexibility index (Phi) is 3.16. The molecule has 0 aliphatic heterocycles. The van der Waals surface area contributed by atoms with E-state index in [-0.39, 0.29) is 0 Å². The van der Waals surface area contributed by atoms with E-state index in [0.29, 0.717) is 5.82 Å². The Labute approximate surface area is 112 Å². The molecule has 2 heterocycles. The number of nitrogens with two attached hydrogens (primary N) is 1. The van der Waals surface area contributed by atoms with Gasteiger partial charge in [-0.05, 0) is 25.7 Å². The molecular weight excluding hydrogens is 240 g/mol. The van der Waals surface area contributed by atoms with Crippen LogP contribution in [0.5, 0.6) is 0 Å². The molecule has 1 aliphatic carbocycles. The first-order chi connectivity index (χ1) is 9.28. The van der Waals surface area contributed by atoms with Crippen molar-refractivity contribution in [1.29, 1.82) is 0 Å². The maximum atomic E-state index is 5.62. The van der Waals surface area contributed by atoms with Crippen molar-refractivity contribution in [3.63, 3.8) is 0 Å². The Morgan fingerprint density at radius 1 is 1.21 bits per heavy atom. The molecule has 0 spiro atoms. The lowest BCUT2D eigenvalue weighted by molar-refractivity contribution is 0.709. The van der Waals surface area contributed by atoms with Crippen LogP contribution in [0, 0.1) is 0 Å². The molecule has 19 heavy (non-hydrogen) atoms.